The molecule has 0 spiro atoms. The molecule has 0 heterocycles. The Morgan fingerprint density at radius 2 is 1.14 bits per heavy atom. The van der Waals surface area contributed by atoms with Crippen molar-refractivity contribution in [2.45, 2.75) is 23.6 Å². The topological polar surface area (TPSA) is 86.3 Å². The fourth-order valence-electron chi connectivity index (χ4n) is 1.96. The van der Waals surface area contributed by atoms with Crippen LogP contribution in [0.1, 0.15) is 11.1 Å². The van der Waals surface area contributed by atoms with Gasteiger partial charge in [0.05, 0.1) is 19.6 Å². The maximum Gasteiger partial charge on any atom is 0.286 e. The lowest BCUT2D eigenvalue weighted by atomic mass is 10.2. The maximum atomic E-state index is 11.2. The van der Waals surface area contributed by atoms with Crippen molar-refractivity contribution in [2.24, 2.45) is 0 Å². The maximum absolute atomic E-state index is 11.2. The van der Waals surface area contributed by atoms with Gasteiger partial charge in [0.1, 0.15) is 0 Å². The van der Waals surface area contributed by atoms with Crippen LogP contribution < -0.4 is 0 Å². The zero-order chi connectivity index (χ0) is 16.3. The van der Waals surface area contributed by atoms with Gasteiger partial charge in [0.15, 0.2) is 0 Å². The van der Waals surface area contributed by atoms with Crippen molar-refractivity contribution in [3.05, 3.63) is 67.8 Å². The number of para-hydroxylation sites is 2. The number of benzene rings is 2. The average molecular weight is 336 g/mol. The molecule has 2 aromatic carbocycles. The second kappa shape index (κ2) is 6.80. The van der Waals surface area contributed by atoms with E-state index in [4.69, 9.17) is 0 Å². The molecule has 0 saturated heterocycles. The Morgan fingerprint density at radius 1 is 0.773 bits per heavy atom. The molecule has 22 heavy (non-hydrogen) atoms. The molecule has 0 amide bonds. The van der Waals surface area contributed by atoms with Crippen molar-refractivity contribution < 1.29 is 9.85 Å². The van der Waals surface area contributed by atoms with Gasteiger partial charge in [-0.2, -0.15) is 0 Å². The van der Waals surface area contributed by atoms with E-state index in [2.05, 4.69) is 0 Å². The lowest BCUT2D eigenvalue weighted by molar-refractivity contribution is -0.388. The monoisotopic (exact) mass is 336 g/mol. The van der Waals surface area contributed by atoms with E-state index in [9.17, 15) is 20.2 Å². The average Bonchev–Trinajstić information content (AvgIpc) is 2.44. The minimum atomic E-state index is -0.428. The number of nitrogens with zero attached hydrogens (tertiary/aromatic N) is 2. The third-order valence-corrected chi connectivity index (χ3v) is 5.42. The largest absolute Gasteiger partial charge is 0.286 e. The van der Waals surface area contributed by atoms with Gasteiger partial charge in [-0.25, -0.2) is 0 Å². The highest BCUT2D eigenvalue weighted by molar-refractivity contribution is 8.76. The number of nitro benzene ring substituents is 2. The molecule has 2 aromatic rings. The van der Waals surface area contributed by atoms with Crippen molar-refractivity contribution in [2.75, 3.05) is 0 Å². The highest BCUT2D eigenvalue weighted by Crippen LogP contribution is 2.45. The number of nitro groups is 2. The Balaban J connectivity index is 2.33. The molecular formula is C14H12N2O4S2. The summed E-state index contributed by atoms with van der Waals surface area (Å²) < 4.78 is 0. The van der Waals surface area contributed by atoms with Gasteiger partial charge < -0.3 is 0 Å². The first-order valence-corrected chi connectivity index (χ1v) is 8.39. The van der Waals surface area contributed by atoms with Crippen molar-refractivity contribution >= 4 is 33.0 Å². The molecule has 0 unspecified atom stereocenters. The second-order valence-corrected chi connectivity index (χ2v) is 6.74. The van der Waals surface area contributed by atoms with Gasteiger partial charge in [-0.15, -0.1) is 0 Å². The van der Waals surface area contributed by atoms with E-state index in [-0.39, 0.29) is 11.4 Å². The first kappa shape index (κ1) is 16.3. The van der Waals surface area contributed by atoms with Crippen molar-refractivity contribution in [1.29, 1.82) is 0 Å². The molecule has 0 aliphatic carbocycles. The summed E-state index contributed by atoms with van der Waals surface area (Å²) >= 11 is 0. The van der Waals surface area contributed by atoms with Gasteiger partial charge in [0, 0.05) is 11.1 Å². The van der Waals surface area contributed by atoms with Gasteiger partial charge in [-0.1, -0.05) is 24.3 Å². The van der Waals surface area contributed by atoms with Crippen molar-refractivity contribution in [3.63, 3.8) is 0 Å². The van der Waals surface area contributed by atoms with Gasteiger partial charge in [-0.3, -0.25) is 20.2 Å². The molecule has 0 aliphatic heterocycles. The van der Waals surface area contributed by atoms with Crippen LogP contribution in [0.5, 0.6) is 0 Å². The van der Waals surface area contributed by atoms with Crippen LogP contribution in [-0.2, 0) is 0 Å². The number of hydrogen-bond donors (Lipinski definition) is 0. The number of aryl methyl sites for hydroxylation is 2. The van der Waals surface area contributed by atoms with Crippen molar-refractivity contribution in [1.82, 2.24) is 0 Å². The fourth-order valence-corrected chi connectivity index (χ4v) is 4.38. The smallest absolute Gasteiger partial charge is 0.258 e. The zero-order valence-corrected chi connectivity index (χ0v) is 13.4. The molecule has 0 N–H and O–H groups in total. The molecule has 114 valence electrons. The molecule has 0 aromatic heterocycles. The highest BCUT2D eigenvalue weighted by atomic mass is 33.1. The summed E-state index contributed by atoms with van der Waals surface area (Å²) in [5.41, 5.74) is 1.20. The van der Waals surface area contributed by atoms with Crippen LogP contribution in [0.3, 0.4) is 0 Å². The van der Waals surface area contributed by atoms with E-state index in [1.807, 2.05) is 0 Å². The summed E-state index contributed by atoms with van der Waals surface area (Å²) in [4.78, 5) is 22.4. The predicted octanol–water partition coefficient (Wildman–Crippen LogP) is 4.92. The van der Waals surface area contributed by atoms with Gasteiger partial charge >= 0.3 is 0 Å². The molecule has 0 fully saturated rings. The van der Waals surface area contributed by atoms with Crippen LogP contribution in [-0.4, -0.2) is 9.85 Å². The van der Waals surface area contributed by atoms with E-state index in [0.717, 1.165) is 21.6 Å². The summed E-state index contributed by atoms with van der Waals surface area (Å²) in [6.07, 6.45) is 0. The summed E-state index contributed by atoms with van der Waals surface area (Å²) in [5, 5.41) is 22.3. The van der Waals surface area contributed by atoms with Crippen LogP contribution in [0.4, 0.5) is 11.4 Å². The second-order valence-electron chi connectivity index (χ2n) is 4.52. The molecule has 2 rings (SSSR count). The molecular weight excluding hydrogens is 324 g/mol. The van der Waals surface area contributed by atoms with Crippen LogP contribution in [0.15, 0.2) is 46.2 Å². The zero-order valence-electron chi connectivity index (χ0n) is 11.8. The molecule has 0 radical (unpaired) electrons. The highest BCUT2D eigenvalue weighted by Gasteiger charge is 2.21. The van der Waals surface area contributed by atoms with Crippen LogP contribution >= 0.6 is 21.6 Å². The lowest BCUT2D eigenvalue weighted by Gasteiger charge is -2.06. The fraction of sp³-hybridized carbons (Fsp3) is 0.143. The van der Waals surface area contributed by atoms with E-state index < -0.39 is 9.85 Å². The first-order chi connectivity index (χ1) is 10.4. The summed E-state index contributed by atoms with van der Waals surface area (Å²) in [7, 11) is 2.31. The minimum absolute atomic E-state index is 0.0373. The Bertz CT molecular complexity index is 686. The molecule has 0 bridgehead atoms. The van der Waals surface area contributed by atoms with Crippen LogP contribution in [0, 0.1) is 34.1 Å². The summed E-state index contributed by atoms with van der Waals surface area (Å²) in [6, 6.07) is 10.1. The molecule has 8 heteroatoms. The third-order valence-electron chi connectivity index (χ3n) is 2.99. The van der Waals surface area contributed by atoms with E-state index >= 15 is 0 Å². The minimum Gasteiger partial charge on any atom is -0.258 e. The Morgan fingerprint density at radius 3 is 1.45 bits per heavy atom. The van der Waals surface area contributed by atoms with E-state index in [1.165, 1.54) is 0 Å². The molecule has 0 saturated carbocycles. The molecule has 0 aliphatic rings. The molecule has 0 atom stereocenters. The van der Waals surface area contributed by atoms with Gasteiger partial charge in [-0.05, 0) is 47.6 Å². The van der Waals surface area contributed by atoms with Crippen molar-refractivity contribution in [3.8, 4) is 0 Å². The SMILES string of the molecule is Cc1cccc(SSc2cccc(C)c2[N+](=O)[O-])c1[N+](=O)[O-]. The standard InChI is InChI=1S/C14H12N2O4S2/c1-9-5-3-7-11(13(9)15(17)18)21-22-12-8-4-6-10(2)14(12)16(19)20/h3-8H,1-2H3. The Hall–Kier alpha value is -2.06. The quantitative estimate of drug-likeness (QED) is 0.437. The van der Waals surface area contributed by atoms with Gasteiger partial charge in [0.25, 0.3) is 11.4 Å². The van der Waals surface area contributed by atoms with Gasteiger partial charge in [0.2, 0.25) is 0 Å². The third kappa shape index (κ3) is 3.40. The summed E-state index contributed by atoms with van der Waals surface area (Å²) in [5.74, 6) is 0. The van der Waals surface area contributed by atoms with Crippen LogP contribution in [0.25, 0.3) is 0 Å². The van der Waals surface area contributed by atoms with E-state index in [1.54, 1.807) is 50.2 Å². The normalized spacial score (nSPS) is 10.5. The first-order valence-electron chi connectivity index (χ1n) is 6.24. The Kier molecular flexibility index (Phi) is 5.04. The Labute approximate surface area is 134 Å². The van der Waals surface area contributed by atoms with Crippen LogP contribution in [0.2, 0.25) is 0 Å². The van der Waals surface area contributed by atoms with E-state index in [0.29, 0.717) is 20.9 Å². The number of hydrogen-bond acceptors (Lipinski definition) is 6. The number of rotatable bonds is 5. The molecule has 6 nitrogen and oxygen atoms in total. The lowest BCUT2D eigenvalue weighted by Crippen LogP contribution is -1.94. The predicted molar refractivity (Wildman–Crippen MR) is 87.4 cm³/mol. The summed E-state index contributed by atoms with van der Waals surface area (Å²) in [6.45, 7) is 3.34.